The topological polar surface area (TPSA) is 77.5 Å². The summed E-state index contributed by atoms with van der Waals surface area (Å²) < 4.78 is 0. The predicted molar refractivity (Wildman–Crippen MR) is 64.7 cm³/mol. The van der Waals surface area contributed by atoms with E-state index in [1.54, 1.807) is 0 Å². The molecule has 1 aromatic rings. The first-order chi connectivity index (χ1) is 8.97. The van der Waals surface area contributed by atoms with Crippen LogP contribution in [0.25, 0.3) is 0 Å². The number of imide groups is 1. The first-order valence-electron chi connectivity index (χ1n) is 6.07. The highest BCUT2D eigenvalue weighted by Gasteiger charge is 2.38. The fourth-order valence-corrected chi connectivity index (χ4v) is 2.21. The van der Waals surface area contributed by atoms with Gasteiger partial charge in [-0.3, -0.25) is 14.5 Å². The Labute approximate surface area is 110 Å². The summed E-state index contributed by atoms with van der Waals surface area (Å²) in [5.74, 6) is -2.74. The zero-order valence-electron chi connectivity index (χ0n) is 10.6. The third-order valence-corrected chi connectivity index (χ3v) is 3.23. The van der Waals surface area contributed by atoms with Gasteiger partial charge >= 0.3 is 0 Å². The van der Waals surface area contributed by atoms with E-state index >= 15 is 0 Å². The predicted octanol–water partition coefficient (Wildman–Crippen LogP) is -0.337. The minimum absolute atomic E-state index is 0.0694. The molecule has 1 aliphatic rings. The van der Waals surface area contributed by atoms with Crippen molar-refractivity contribution in [3.8, 4) is 0 Å². The molecule has 1 aliphatic heterocycles. The molecule has 19 heavy (non-hydrogen) atoms. The Bertz CT molecular complexity index is 521. The Hall–Kier alpha value is -2.17. The molecule has 1 fully saturated rings. The highest BCUT2D eigenvalue weighted by Crippen LogP contribution is 2.23. The minimum atomic E-state index is -1.42. The molecule has 0 N–H and O–H groups in total. The van der Waals surface area contributed by atoms with E-state index in [-0.39, 0.29) is 6.42 Å². The summed E-state index contributed by atoms with van der Waals surface area (Å²) in [6.07, 6.45) is 0.522. The van der Waals surface area contributed by atoms with Gasteiger partial charge in [-0.2, -0.15) is 0 Å². The number of carbonyl (C=O) groups is 3. The molecular formula is C14H14NO4-. The second kappa shape index (κ2) is 5.22. The zero-order valence-corrected chi connectivity index (χ0v) is 10.6. The van der Waals surface area contributed by atoms with E-state index in [9.17, 15) is 19.5 Å². The number of aryl methyl sites for hydroxylation is 1. The molecule has 0 unspecified atom stereocenters. The van der Waals surface area contributed by atoms with Crippen LogP contribution in [0.15, 0.2) is 24.3 Å². The third-order valence-electron chi connectivity index (χ3n) is 3.23. The third kappa shape index (κ3) is 2.99. The van der Waals surface area contributed by atoms with Crippen LogP contribution >= 0.6 is 0 Å². The molecule has 0 saturated carbocycles. The summed E-state index contributed by atoms with van der Waals surface area (Å²) in [5, 5.41) is 10.5. The van der Waals surface area contributed by atoms with Gasteiger partial charge in [-0.25, -0.2) is 0 Å². The zero-order chi connectivity index (χ0) is 14.0. The Morgan fingerprint density at radius 1 is 1.32 bits per heavy atom. The number of carboxylic acid groups (broad SMARTS) is 1. The SMILES string of the molecule is Cc1ccc(C[C@H]2CC(=O)N(CC(=O)[O-])C2=O)cc1. The monoisotopic (exact) mass is 260 g/mol. The lowest BCUT2D eigenvalue weighted by Crippen LogP contribution is -2.41. The lowest BCUT2D eigenvalue weighted by Gasteiger charge is -2.15. The second-order valence-corrected chi connectivity index (χ2v) is 4.78. The molecule has 1 atom stereocenters. The van der Waals surface area contributed by atoms with Crippen LogP contribution in [0.3, 0.4) is 0 Å². The molecular weight excluding hydrogens is 246 g/mol. The van der Waals surface area contributed by atoms with Gasteiger partial charge in [0.25, 0.3) is 0 Å². The molecule has 100 valence electrons. The lowest BCUT2D eigenvalue weighted by molar-refractivity contribution is -0.305. The summed E-state index contributed by atoms with van der Waals surface area (Å²) in [6, 6.07) is 7.70. The van der Waals surface area contributed by atoms with Gasteiger partial charge in [0.2, 0.25) is 11.8 Å². The number of hydrogen-bond acceptors (Lipinski definition) is 4. The van der Waals surface area contributed by atoms with Crippen molar-refractivity contribution >= 4 is 17.8 Å². The van der Waals surface area contributed by atoms with Crippen molar-refractivity contribution in [2.75, 3.05) is 6.54 Å². The molecule has 0 bridgehead atoms. The Kier molecular flexibility index (Phi) is 3.64. The number of carbonyl (C=O) groups excluding carboxylic acids is 3. The molecule has 0 spiro atoms. The van der Waals surface area contributed by atoms with Crippen LogP contribution in [-0.2, 0) is 20.8 Å². The van der Waals surface area contributed by atoms with Gasteiger partial charge in [0.15, 0.2) is 0 Å². The molecule has 0 aromatic heterocycles. The Balaban J connectivity index is 2.06. The first-order valence-corrected chi connectivity index (χ1v) is 6.07. The van der Waals surface area contributed by atoms with E-state index in [2.05, 4.69) is 0 Å². The van der Waals surface area contributed by atoms with Crippen LogP contribution in [0.1, 0.15) is 17.5 Å². The Morgan fingerprint density at radius 3 is 2.53 bits per heavy atom. The van der Waals surface area contributed by atoms with Crippen LogP contribution in [0.4, 0.5) is 0 Å². The van der Waals surface area contributed by atoms with Gasteiger partial charge in [-0.15, -0.1) is 0 Å². The van der Waals surface area contributed by atoms with Gasteiger partial charge in [-0.05, 0) is 18.9 Å². The number of rotatable bonds is 4. The van der Waals surface area contributed by atoms with Crippen molar-refractivity contribution in [3.05, 3.63) is 35.4 Å². The number of carboxylic acids is 1. The van der Waals surface area contributed by atoms with Crippen molar-refractivity contribution in [2.45, 2.75) is 19.8 Å². The van der Waals surface area contributed by atoms with Crippen molar-refractivity contribution < 1.29 is 19.5 Å². The van der Waals surface area contributed by atoms with E-state index in [4.69, 9.17) is 0 Å². The average Bonchev–Trinajstić information content (AvgIpc) is 2.60. The molecule has 1 saturated heterocycles. The molecule has 1 aromatic carbocycles. The van der Waals surface area contributed by atoms with Gasteiger partial charge < -0.3 is 9.90 Å². The van der Waals surface area contributed by atoms with Crippen molar-refractivity contribution in [3.63, 3.8) is 0 Å². The normalized spacial score (nSPS) is 19.0. The molecule has 0 aliphatic carbocycles. The van der Waals surface area contributed by atoms with Crippen LogP contribution in [0.2, 0.25) is 0 Å². The number of benzene rings is 1. The van der Waals surface area contributed by atoms with Crippen LogP contribution in [-0.4, -0.2) is 29.2 Å². The number of hydrogen-bond donors (Lipinski definition) is 0. The lowest BCUT2D eigenvalue weighted by atomic mass is 9.97. The van der Waals surface area contributed by atoms with Crippen molar-refractivity contribution in [2.24, 2.45) is 5.92 Å². The fourth-order valence-electron chi connectivity index (χ4n) is 2.21. The maximum Gasteiger partial charge on any atom is 0.233 e. The van der Waals surface area contributed by atoms with Crippen molar-refractivity contribution in [1.82, 2.24) is 4.90 Å². The van der Waals surface area contributed by atoms with Crippen LogP contribution in [0.5, 0.6) is 0 Å². The molecule has 5 nitrogen and oxygen atoms in total. The van der Waals surface area contributed by atoms with Gasteiger partial charge in [0, 0.05) is 6.42 Å². The fraction of sp³-hybridized carbons (Fsp3) is 0.357. The van der Waals surface area contributed by atoms with Crippen LogP contribution in [0, 0.1) is 12.8 Å². The molecule has 0 radical (unpaired) electrons. The molecule has 2 rings (SSSR count). The van der Waals surface area contributed by atoms with Gasteiger partial charge in [0.05, 0.1) is 18.4 Å². The number of likely N-dealkylation sites (tertiary alicyclic amines) is 1. The largest absolute Gasteiger partial charge is 0.548 e. The summed E-state index contributed by atoms with van der Waals surface area (Å²) in [4.78, 5) is 34.8. The second-order valence-electron chi connectivity index (χ2n) is 4.78. The minimum Gasteiger partial charge on any atom is -0.548 e. The highest BCUT2D eigenvalue weighted by molar-refractivity contribution is 6.05. The molecule has 2 amide bonds. The highest BCUT2D eigenvalue weighted by atomic mass is 16.4. The summed E-state index contributed by atoms with van der Waals surface area (Å²) in [5.41, 5.74) is 2.09. The van der Waals surface area contributed by atoms with E-state index in [1.165, 1.54) is 0 Å². The summed E-state index contributed by atoms with van der Waals surface area (Å²) in [7, 11) is 0. The number of nitrogens with zero attached hydrogens (tertiary/aromatic N) is 1. The van der Waals surface area contributed by atoms with Crippen LogP contribution < -0.4 is 5.11 Å². The van der Waals surface area contributed by atoms with E-state index in [1.807, 2.05) is 31.2 Å². The summed E-state index contributed by atoms with van der Waals surface area (Å²) in [6.45, 7) is 1.32. The molecule has 1 heterocycles. The standard InChI is InChI=1S/C14H15NO4/c1-9-2-4-10(5-3-9)6-11-7-12(16)15(14(11)19)8-13(17)18/h2-5,11H,6-8H2,1H3,(H,17,18)/p-1/t11-/m0/s1. The van der Waals surface area contributed by atoms with Gasteiger partial charge in [0.1, 0.15) is 0 Å². The van der Waals surface area contributed by atoms with Gasteiger partial charge in [-0.1, -0.05) is 29.8 Å². The number of amides is 2. The quantitative estimate of drug-likeness (QED) is 0.694. The van der Waals surface area contributed by atoms with E-state index in [0.29, 0.717) is 6.42 Å². The maximum absolute atomic E-state index is 11.9. The molecule has 5 heteroatoms. The average molecular weight is 260 g/mol. The first kappa shape index (κ1) is 13.3. The van der Waals surface area contributed by atoms with E-state index < -0.39 is 30.2 Å². The van der Waals surface area contributed by atoms with Crippen molar-refractivity contribution in [1.29, 1.82) is 0 Å². The maximum atomic E-state index is 11.9. The van der Waals surface area contributed by atoms with E-state index in [0.717, 1.165) is 16.0 Å². The number of aliphatic carboxylic acids is 1. The Morgan fingerprint density at radius 2 is 1.95 bits per heavy atom. The summed E-state index contributed by atoms with van der Waals surface area (Å²) >= 11 is 0. The smallest absolute Gasteiger partial charge is 0.233 e.